The second-order valence-corrected chi connectivity index (χ2v) is 8.02. The molecule has 1 rings (SSSR count). The summed E-state index contributed by atoms with van der Waals surface area (Å²) in [5, 5.41) is 0. The highest BCUT2D eigenvalue weighted by Gasteiger charge is 2.03. The number of hydrogen-bond donors (Lipinski definition) is 0. The van der Waals surface area contributed by atoms with Gasteiger partial charge in [0.15, 0.2) is 0 Å². The van der Waals surface area contributed by atoms with Crippen LogP contribution in [0.3, 0.4) is 0 Å². The maximum atomic E-state index is 11.7. The van der Waals surface area contributed by atoms with Crippen LogP contribution in [0.1, 0.15) is 83.6 Å². The van der Waals surface area contributed by atoms with E-state index in [9.17, 15) is 9.59 Å². The third-order valence-electron chi connectivity index (χ3n) is 4.97. The molecule has 0 radical (unpaired) electrons. The molecule has 178 valence electrons. The summed E-state index contributed by atoms with van der Waals surface area (Å²) in [7, 11) is 0. The van der Waals surface area contributed by atoms with Crippen LogP contribution in [0.15, 0.2) is 42.5 Å². The van der Waals surface area contributed by atoms with E-state index in [1.54, 1.807) is 13.0 Å². The highest BCUT2D eigenvalue weighted by atomic mass is 16.6. The van der Waals surface area contributed by atoms with Crippen molar-refractivity contribution in [3.05, 3.63) is 48.1 Å². The topological polar surface area (TPSA) is 61.8 Å². The van der Waals surface area contributed by atoms with Crippen molar-refractivity contribution in [3.8, 4) is 5.75 Å². The molecule has 0 aliphatic carbocycles. The molecule has 0 spiro atoms. The Kier molecular flexibility index (Phi) is 15.5. The van der Waals surface area contributed by atoms with Crippen molar-refractivity contribution in [2.75, 3.05) is 19.8 Å². The molecule has 0 fully saturated rings. The summed E-state index contributed by atoms with van der Waals surface area (Å²) in [6, 6.07) is 7.59. The number of unbranched alkanes of at least 4 members (excludes halogenated alkanes) is 9. The fourth-order valence-corrected chi connectivity index (χ4v) is 3.07. The molecule has 0 N–H and O–H groups in total. The smallest absolute Gasteiger partial charge is 0.333 e. The Balaban J connectivity index is 2.10. The lowest BCUT2D eigenvalue weighted by molar-refractivity contribution is -0.146. The third kappa shape index (κ3) is 14.4. The molecule has 0 saturated carbocycles. The van der Waals surface area contributed by atoms with Crippen molar-refractivity contribution < 1.29 is 23.8 Å². The molecule has 0 amide bonds. The van der Waals surface area contributed by atoms with Crippen molar-refractivity contribution >= 4 is 18.0 Å². The van der Waals surface area contributed by atoms with Crippen LogP contribution in [0.4, 0.5) is 0 Å². The van der Waals surface area contributed by atoms with Gasteiger partial charge in [0.1, 0.15) is 19.0 Å². The second kappa shape index (κ2) is 18.1. The Hall–Kier alpha value is -2.56. The number of carbonyl (C=O) groups excluding carboxylic acids is 2. The van der Waals surface area contributed by atoms with E-state index in [1.807, 2.05) is 24.3 Å². The molecular formula is C27H40O5. The van der Waals surface area contributed by atoms with Crippen LogP contribution in [0.25, 0.3) is 6.08 Å². The molecule has 0 heterocycles. The molecule has 0 saturated heterocycles. The van der Waals surface area contributed by atoms with Crippen LogP contribution in [-0.4, -0.2) is 31.8 Å². The second-order valence-electron chi connectivity index (χ2n) is 8.02. The molecule has 0 aliphatic heterocycles. The van der Waals surface area contributed by atoms with E-state index >= 15 is 0 Å². The Bertz CT molecular complexity index is 691. The van der Waals surface area contributed by atoms with Gasteiger partial charge in [-0.1, -0.05) is 83.4 Å². The van der Waals surface area contributed by atoms with Gasteiger partial charge in [0.25, 0.3) is 0 Å². The highest BCUT2D eigenvalue weighted by molar-refractivity contribution is 5.87. The first-order chi connectivity index (χ1) is 15.5. The zero-order valence-electron chi connectivity index (χ0n) is 19.9. The quantitative estimate of drug-likeness (QED) is 0.144. The zero-order valence-corrected chi connectivity index (χ0v) is 19.9. The van der Waals surface area contributed by atoms with E-state index in [-0.39, 0.29) is 13.2 Å². The fourth-order valence-electron chi connectivity index (χ4n) is 3.07. The monoisotopic (exact) mass is 444 g/mol. The lowest BCUT2D eigenvalue weighted by Gasteiger charge is -2.07. The first-order valence-electron chi connectivity index (χ1n) is 11.9. The minimum absolute atomic E-state index is 0.00787. The number of ether oxygens (including phenoxy) is 3. The van der Waals surface area contributed by atoms with E-state index in [0.29, 0.717) is 5.57 Å². The molecule has 5 nitrogen and oxygen atoms in total. The van der Waals surface area contributed by atoms with Gasteiger partial charge in [-0.2, -0.15) is 0 Å². The van der Waals surface area contributed by atoms with Crippen LogP contribution in [0, 0.1) is 0 Å². The Morgan fingerprint density at radius 1 is 0.812 bits per heavy atom. The minimum atomic E-state index is -0.493. The van der Waals surface area contributed by atoms with Crippen LogP contribution in [-0.2, 0) is 19.1 Å². The highest BCUT2D eigenvalue weighted by Crippen LogP contribution is 2.15. The van der Waals surface area contributed by atoms with E-state index in [4.69, 9.17) is 14.2 Å². The largest absolute Gasteiger partial charge is 0.494 e. The van der Waals surface area contributed by atoms with Crippen molar-refractivity contribution in [3.63, 3.8) is 0 Å². The number of benzene rings is 1. The summed E-state index contributed by atoms with van der Waals surface area (Å²) in [6.07, 6.45) is 16.1. The van der Waals surface area contributed by atoms with Gasteiger partial charge in [-0.3, -0.25) is 0 Å². The summed E-state index contributed by atoms with van der Waals surface area (Å²) in [4.78, 5) is 22.9. The Morgan fingerprint density at radius 3 is 1.97 bits per heavy atom. The van der Waals surface area contributed by atoms with Crippen LogP contribution in [0.5, 0.6) is 5.75 Å². The van der Waals surface area contributed by atoms with Gasteiger partial charge in [-0.25, -0.2) is 9.59 Å². The van der Waals surface area contributed by atoms with Crippen molar-refractivity contribution in [2.45, 2.75) is 78.1 Å². The molecule has 0 aromatic heterocycles. The molecular weight excluding hydrogens is 404 g/mol. The van der Waals surface area contributed by atoms with E-state index in [1.165, 1.54) is 63.9 Å². The lowest BCUT2D eigenvalue weighted by atomic mass is 10.1. The number of hydrogen-bond acceptors (Lipinski definition) is 5. The van der Waals surface area contributed by atoms with Gasteiger partial charge in [-0.15, -0.1) is 0 Å². The van der Waals surface area contributed by atoms with Gasteiger partial charge in [0.2, 0.25) is 0 Å². The van der Waals surface area contributed by atoms with Crippen molar-refractivity contribution in [1.29, 1.82) is 0 Å². The molecule has 0 aliphatic rings. The summed E-state index contributed by atoms with van der Waals surface area (Å²) in [5.41, 5.74) is 1.19. The fraction of sp³-hybridized carbons (Fsp3) is 0.556. The molecule has 0 bridgehead atoms. The minimum Gasteiger partial charge on any atom is -0.494 e. The molecule has 1 aromatic carbocycles. The Morgan fingerprint density at radius 2 is 1.38 bits per heavy atom. The number of carbonyl (C=O) groups is 2. The van der Waals surface area contributed by atoms with Gasteiger partial charge in [0, 0.05) is 11.6 Å². The average Bonchev–Trinajstić information content (AvgIpc) is 2.79. The third-order valence-corrected chi connectivity index (χ3v) is 4.97. The van der Waals surface area contributed by atoms with Gasteiger partial charge in [-0.05, 0) is 37.1 Å². The predicted octanol–water partition coefficient (Wildman–Crippen LogP) is 6.66. The summed E-state index contributed by atoms with van der Waals surface area (Å²) < 4.78 is 15.6. The van der Waals surface area contributed by atoms with Crippen molar-refractivity contribution in [1.82, 2.24) is 0 Å². The standard InChI is InChI=1S/C27H40O5/c1-4-5-6-7-8-9-10-11-12-13-20-30-25-17-14-24(15-18-25)16-19-26(28)31-21-22-32-27(29)23(2)3/h14-19H,2,4-13,20-22H2,1,3H3. The molecule has 0 unspecified atom stereocenters. The Labute approximate surface area is 193 Å². The lowest BCUT2D eigenvalue weighted by Crippen LogP contribution is -2.12. The van der Waals surface area contributed by atoms with Crippen LogP contribution in [0.2, 0.25) is 0 Å². The van der Waals surface area contributed by atoms with Gasteiger partial charge in [0.05, 0.1) is 6.61 Å². The molecule has 32 heavy (non-hydrogen) atoms. The number of esters is 2. The molecule has 1 aromatic rings. The average molecular weight is 445 g/mol. The molecule has 5 heteroatoms. The maximum Gasteiger partial charge on any atom is 0.333 e. The van der Waals surface area contributed by atoms with E-state index in [0.717, 1.165) is 24.3 Å². The van der Waals surface area contributed by atoms with E-state index < -0.39 is 11.9 Å². The van der Waals surface area contributed by atoms with Crippen LogP contribution < -0.4 is 4.74 Å². The van der Waals surface area contributed by atoms with Gasteiger partial charge >= 0.3 is 11.9 Å². The van der Waals surface area contributed by atoms with E-state index in [2.05, 4.69) is 13.5 Å². The number of rotatable bonds is 18. The van der Waals surface area contributed by atoms with Gasteiger partial charge < -0.3 is 14.2 Å². The maximum absolute atomic E-state index is 11.7. The zero-order chi connectivity index (χ0) is 23.4. The summed E-state index contributed by atoms with van der Waals surface area (Å²) in [6.45, 7) is 8.04. The first-order valence-corrected chi connectivity index (χ1v) is 11.9. The summed E-state index contributed by atoms with van der Waals surface area (Å²) >= 11 is 0. The SMILES string of the molecule is C=C(C)C(=O)OCCOC(=O)C=Cc1ccc(OCCCCCCCCCCCC)cc1. The normalized spacial score (nSPS) is 10.8. The first kappa shape index (κ1) is 27.5. The predicted molar refractivity (Wildman–Crippen MR) is 130 cm³/mol. The van der Waals surface area contributed by atoms with Crippen molar-refractivity contribution in [2.24, 2.45) is 0 Å². The molecule has 0 atom stereocenters. The summed E-state index contributed by atoms with van der Waals surface area (Å²) in [5.74, 6) is -0.148. The van der Waals surface area contributed by atoms with Crippen LogP contribution >= 0.6 is 0 Å².